The summed E-state index contributed by atoms with van der Waals surface area (Å²) in [7, 11) is 0. The van der Waals surface area contributed by atoms with Crippen LogP contribution < -0.4 is 0 Å². The predicted molar refractivity (Wildman–Crippen MR) is 26.3 cm³/mol. The molecule has 0 aromatic carbocycles. The van der Waals surface area contributed by atoms with Gasteiger partial charge in [0.15, 0.2) is 0 Å². The molecule has 0 rings (SSSR count). The highest BCUT2D eigenvalue weighted by Crippen LogP contribution is 2.24. The summed E-state index contributed by atoms with van der Waals surface area (Å²) >= 11 is 6.56. The molecule has 7 heavy (non-hydrogen) atoms. The Morgan fingerprint density at radius 2 is 2.14 bits per heavy atom. The van der Waals surface area contributed by atoms with Gasteiger partial charge in [0, 0.05) is 0 Å². The zero-order valence-corrected chi connectivity index (χ0v) is 5.33. The van der Waals surface area contributed by atoms with Gasteiger partial charge in [-0.15, -0.1) is 0 Å². The van der Waals surface area contributed by atoms with Gasteiger partial charge in [0.2, 0.25) is 0 Å². The number of carboxylic acid groups (broad SMARTS) is 1. The lowest BCUT2D eigenvalue weighted by molar-refractivity contribution is -0.140. The summed E-state index contributed by atoms with van der Waals surface area (Å²) in [4.78, 5) is 9.47. The van der Waals surface area contributed by atoms with Crippen LogP contribution in [0.25, 0.3) is 0 Å². The Labute approximate surface area is 52.4 Å². The standard InChI is InChI=1S/C2HBrClFO2/c3-2(4,5)1(6)7/h(H,6,7). The van der Waals surface area contributed by atoms with E-state index in [1.54, 1.807) is 0 Å². The molecule has 0 aromatic heterocycles. The summed E-state index contributed by atoms with van der Waals surface area (Å²) in [5, 5.41) is 7.70. The van der Waals surface area contributed by atoms with E-state index in [2.05, 4.69) is 11.6 Å². The van der Waals surface area contributed by atoms with Gasteiger partial charge in [-0.25, -0.2) is 9.18 Å². The van der Waals surface area contributed by atoms with Crippen LogP contribution in [0.3, 0.4) is 0 Å². The van der Waals surface area contributed by atoms with E-state index in [9.17, 15) is 9.18 Å². The van der Waals surface area contributed by atoms with Crippen LogP contribution in [0.5, 0.6) is 0 Å². The van der Waals surface area contributed by atoms with Crippen LogP contribution in [0.2, 0.25) is 0 Å². The number of carboxylic acids is 1. The molecule has 2 nitrogen and oxygen atoms in total. The predicted octanol–water partition coefficient (Wildman–Crippen LogP) is 1.33. The molecule has 0 amide bonds. The van der Waals surface area contributed by atoms with Crippen molar-refractivity contribution < 1.29 is 14.3 Å². The number of hydrogen-bond donors (Lipinski definition) is 1. The molecular weight excluding hydrogens is 190 g/mol. The number of aliphatic carboxylic acids is 1. The van der Waals surface area contributed by atoms with Crippen molar-refractivity contribution in [2.75, 3.05) is 0 Å². The second-order valence-electron chi connectivity index (χ2n) is 0.803. The molecule has 0 fully saturated rings. The zero-order chi connectivity index (χ0) is 6.08. The molecule has 1 unspecified atom stereocenters. The maximum Gasteiger partial charge on any atom is 0.368 e. The van der Waals surface area contributed by atoms with Crippen LogP contribution in [-0.2, 0) is 4.79 Å². The molecule has 0 saturated carbocycles. The number of alkyl halides is 3. The van der Waals surface area contributed by atoms with E-state index in [1.807, 2.05) is 15.9 Å². The van der Waals surface area contributed by atoms with Gasteiger partial charge in [0.25, 0.3) is 0 Å². The monoisotopic (exact) mass is 190 g/mol. The lowest BCUT2D eigenvalue weighted by Gasteiger charge is -1.98. The molecule has 0 spiro atoms. The summed E-state index contributed by atoms with van der Waals surface area (Å²) in [6.07, 6.45) is 0. The Morgan fingerprint density at radius 1 is 2.00 bits per heavy atom. The molecule has 0 saturated heterocycles. The SMILES string of the molecule is O=C(O)C(F)(Cl)Br. The third kappa shape index (κ3) is 2.82. The van der Waals surface area contributed by atoms with E-state index >= 15 is 0 Å². The van der Waals surface area contributed by atoms with Gasteiger partial charge in [0.05, 0.1) is 0 Å². The summed E-state index contributed by atoms with van der Waals surface area (Å²) in [6.45, 7) is 0. The van der Waals surface area contributed by atoms with E-state index in [1.165, 1.54) is 0 Å². The molecule has 1 N–H and O–H groups in total. The topological polar surface area (TPSA) is 37.3 Å². The van der Waals surface area contributed by atoms with E-state index in [0.717, 1.165) is 0 Å². The van der Waals surface area contributed by atoms with Crippen molar-refractivity contribution in [2.24, 2.45) is 0 Å². The van der Waals surface area contributed by atoms with E-state index in [-0.39, 0.29) is 0 Å². The molecule has 42 valence electrons. The first-order chi connectivity index (χ1) is 2.94. The Kier molecular flexibility index (Phi) is 2.01. The smallest absolute Gasteiger partial charge is 0.368 e. The summed E-state index contributed by atoms with van der Waals surface area (Å²) in [6, 6.07) is 0. The molecule has 0 radical (unpaired) electrons. The number of rotatable bonds is 1. The Balaban J connectivity index is 3.79. The minimum absolute atomic E-state index is 1.74. The molecule has 0 aliphatic rings. The van der Waals surface area contributed by atoms with Gasteiger partial charge in [-0.1, -0.05) is 11.6 Å². The quantitative estimate of drug-likeness (QED) is 0.635. The lowest BCUT2D eigenvalue weighted by Crippen LogP contribution is -2.17. The molecule has 5 heteroatoms. The van der Waals surface area contributed by atoms with Gasteiger partial charge < -0.3 is 5.11 Å². The van der Waals surface area contributed by atoms with Gasteiger partial charge in [0.1, 0.15) is 0 Å². The van der Waals surface area contributed by atoms with Crippen molar-refractivity contribution in [3.05, 3.63) is 0 Å². The van der Waals surface area contributed by atoms with Crippen molar-refractivity contribution in [3.63, 3.8) is 0 Å². The average molecular weight is 191 g/mol. The number of hydrogen-bond acceptors (Lipinski definition) is 1. The third-order valence-electron chi connectivity index (χ3n) is 0.243. The van der Waals surface area contributed by atoms with Crippen molar-refractivity contribution in [3.8, 4) is 0 Å². The Morgan fingerprint density at radius 3 is 2.14 bits per heavy atom. The highest BCUT2D eigenvalue weighted by atomic mass is 79.9. The fourth-order valence-corrected chi connectivity index (χ4v) is 0. The molecule has 0 aliphatic heterocycles. The zero-order valence-electron chi connectivity index (χ0n) is 2.99. The molecule has 1 atom stereocenters. The summed E-state index contributed by atoms with van der Waals surface area (Å²) in [5.74, 6) is -1.74. The van der Waals surface area contributed by atoms with Crippen molar-refractivity contribution in [1.29, 1.82) is 0 Å². The van der Waals surface area contributed by atoms with Gasteiger partial charge >= 0.3 is 10.0 Å². The van der Waals surface area contributed by atoms with Crippen LogP contribution in [-0.4, -0.2) is 15.1 Å². The van der Waals surface area contributed by atoms with Crippen molar-refractivity contribution in [1.82, 2.24) is 0 Å². The molecule has 0 bridgehead atoms. The van der Waals surface area contributed by atoms with Gasteiger partial charge in [-0.2, -0.15) is 0 Å². The van der Waals surface area contributed by atoms with Crippen molar-refractivity contribution in [2.45, 2.75) is 4.04 Å². The normalized spacial score (nSPS) is 18.1. The van der Waals surface area contributed by atoms with Gasteiger partial charge in [-0.05, 0) is 15.9 Å². The maximum atomic E-state index is 11.6. The first kappa shape index (κ1) is 7.17. The van der Waals surface area contributed by atoms with Gasteiger partial charge in [-0.3, -0.25) is 0 Å². The first-order valence-corrected chi connectivity index (χ1v) is 2.42. The van der Waals surface area contributed by atoms with Crippen molar-refractivity contribution >= 4 is 33.5 Å². The van der Waals surface area contributed by atoms with E-state index in [0.29, 0.717) is 0 Å². The van der Waals surface area contributed by atoms with Crippen LogP contribution in [0.15, 0.2) is 0 Å². The summed E-state index contributed by atoms with van der Waals surface area (Å²) in [5.41, 5.74) is 0. The van der Waals surface area contributed by atoms with Crippen LogP contribution in [0.1, 0.15) is 0 Å². The minimum Gasteiger partial charge on any atom is -0.477 e. The average Bonchev–Trinajstić information content (AvgIpc) is 1.31. The lowest BCUT2D eigenvalue weighted by atomic mass is 10.8. The van der Waals surface area contributed by atoms with Crippen LogP contribution in [0, 0.1) is 0 Å². The molecule has 0 aromatic rings. The minimum atomic E-state index is -2.80. The molecule has 0 heterocycles. The Bertz CT molecular complexity index is 88.2. The van der Waals surface area contributed by atoms with E-state index in [4.69, 9.17) is 5.11 Å². The second-order valence-corrected chi connectivity index (χ2v) is 2.87. The molecule has 0 aliphatic carbocycles. The fourth-order valence-electron chi connectivity index (χ4n) is 0. The third-order valence-corrected chi connectivity index (χ3v) is 0.743. The van der Waals surface area contributed by atoms with E-state index < -0.39 is 10.0 Å². The second kappa shape index (κ2) is 1.96. The summed E-state index contributed by atoms with van der Waals surface area (Å²) < 4.78 is 8.80. The molecular formula is C2HBrClFO2. The highest BCUT2D eigenvalue weighted by Gasteiger charge is 2.31. The fraction of sp³-hybridized carbons (Fsp3) is 0.500. The Hall–Kier alpha value is 0.170. The number of halogens is 3. The first-order valence-electron chi connectivity index (χ1n) is 1.24. The van der Waals surface area contributed by atoms with Crippen LogP contribution >= 0.6 is 27.5 Å². The highest BCUT2D eigenvalue weighted by molar-refractivity contribution is 9.10. The van der Waals surface area contributed by atoms with Crippen LogP contribution in [0.4, 0.5) is 4.39 Å². The number of carbonyl (C=O) groups is 1. The maximum absolute atomic E-state index is 11.6. The largest absolute Gasteiger partial charge is 0.477 e.